The van der Waals surface area contributed by atoms with Crippen molar-refractivity contribution in [3.8, 4) is 0 Å². The number of rotatable bonds is 7. The Morgan fingerprint density at radius 2 is 2.30 bits per heavy atom. The van der Waals surface area contributed by atoms with Crippen molar-refractivity contribution < 1.29 is 9.53 Å². The standard InChI is InChI=1S/C13H18N4O2S/c1-3-14-10(12(18)19-4-2)9-20-13-16-15-11-7-5-6-8-17(11)13/h5-8,10,14H,3-4,9H2,1-2H3. The number of aromatic nitrogens is 3. The van der Waals surface area contributed by atoms with Gasteiger partial charge in [0, 0.05) is 11.9 Å². The molecule has 0 aliphatic carbocycles. The van der Waals surface area contributed by atoms with Gasteiger partial charge in [0.1, 0.15) is 6.04 Å². The number of carbonyl (C=O) groups excluding carboxylic acids is 1. The predicted molar refractivity (Wildman–Crippen MR) is 77.8 cm³/mol. The molecule has 2 aromatic rings. The highest BCUT2D eigenvalue weighted by molar-refractivity contribution is 7.99. The van der Waals surface area contributed by atoms with Gasteiger partial charge in [-0.2, -0.15) is 0 Å². The zero-order valence-electron chi connectivity index (χ0n) is 11.6. The summed E-state index contributed by atoms with van der Waals surface area (Å²) >= 11 is 1.48. The second-order valence-electron chi connectivity index (χ2n) is 4.08. The van der Waals surface area contributed by atoms with E-state index in [-0.39, 0.29) is 12.0 Å². The molecule has 7 heteroatoms. The van der Waals surface area contributed by atoms with E-state index in [4.69, 9.17) is 4.74 Å². The number of thioether (sulfide) groups is 1. The van der Waals surface area contributed by atoms with Gasteiger partial charge in [-0.05, 0) is 25.6 Å². The lowest BCUT2D eigenvalue weighted by atomic mass is 10.3. The summed E-state index contributed by atoms with van der Waals surface area (Å²) in [5, 5.41) is 12.1. The molecule has 2 aromatic heterocycles. The fourth-order valence-corrected chi connectivity index (χ4v) is 2.74. The molecule has 0 aliphatic rings. The van der Waals surface area contributed by atoms with Gasteiger partial charge in [0.2, 0.25) is 0 Å². The molecule has 1 N–H and O–H groups in total. The van der Waals surface area contributed by atoms with Crippen LogP contribution in [0, 0.1) is 0 Å². The monoisotopic (exact) mass is 294 g/mol. The number of carbonyl (C=O) groups is 1. The summed E-state index contributed by atoms with van der Waals surface area (Å²) in [6.07, 6.45) is 1.91. The number of ether oxygens (including phenoxy) is 1. The summed E-state index contributed by atoms with van der Waals surface area (Å²) in [5.41, 5.74) is 0.797. The average Bonchev–Trinajstić information content (AvgIpc) is 2.87. The second kappa shape index (κ2) is 7.25. The maximum Gasteiger partial charge on any atom is 0.323 e. The third kappa shape index (κ3) is 3.49. The highest BCUT2D eigenvalue weighted by atomic mass is 32.2. The molecular formula is C13H18N4O2S. The van der Waals surface area contributed by atoms with Crippen LogP contribution in [0.2, 0.25) is 0 Å². The molecule has 108 valence electrons. The molecule has 2 heterocycles. The second-order valence-corrected chi connectivity index (χ2v) is 5.07. The molecular weight excluding hydrogens is 276 g/mol. The van der Waals surface area contributed by atoms with E-state index in [0.29, 0.717) is 18.9 Å². The van der Waals surface area contributed by atoms with Crippen LogP contribution >= 0.6 is 11.8 Å². The van der Waals surface area contributed by atoms with Crippen LogP contribution in [0.4, 0.5) is 0 Å². The number of nitrogens with zero attached hydrogens (tertiary/aromatic N) is 3. The molecule has 20 heavy (non-hydrogen) atoms. The van der Waals surface area contributed by atoms with Crippen molar-refractivity contribution >= 4 is 23.4 Å². The summed E-state index contributed by atoms with van der Waals surface area (Å²) in [5.74, 6) is 0.332. The van der Waals surface area contributed by atoms with Gasteiger partial charge in [0.15, 0.2) is 10.8 Å². The van der Waals surface area contributed by atoms with Crippen molar-refractivity contribution in [2.24, 2.45) is 0 Å². The number of esters is 1. The SMILES string of the molecule is CCNC(CSc1nnc2ccccn12)C(=O)OCC. The molecule has 1 unspecified atom stereocenters. The van der Waals surface area contributed by atoms with Crippen LogP contribution in [0.1, 0.15) is 13.8 Å². The quantitative estimate of drug-likeness (QED) is 0.614. The van der Waals surface area contributed by atoms with Crippen LogP contribution in [-0.2, 0) is 9.53 Å². The molecule has 0 amide bonds. The highest BCUT2D eigenvalue weighted by Gasteiger charge is 2.20. The van der Waals surface area contributed by atoms with Crippen LogP contribution < -0.4 is 5.32 Å². The Morgan fingerprint density at radius 3 is 3.05 bits per heavy atom. The minimum atomic E-state index is -0.332. The minimum Gasteiger partial charge on any atom is -0.465 e. The zero-order chi connectivity index (χ0) is 14.4. The Kier molecular flexibility index (Phi) is 5.37. The van der Waals surface area contributed by atoms with Gasteiger partial charge < -0.3 is 10.1 Å². The Bertz CT molecular complexity index is 572. The van der Waals surface area contributed by atoms with Crippen LogP contribution in [0.3, 0.4) is 0 Å². The Labute approximate surface area is 121 Å². The van der Waals surface area contributed by atoms with E-state index in [9.17, 15) is 4.79 Å². The summed E-state index contributed by atoms with van der Waals surface area (Å²) < 4.78 is 6.96. The van der Waals surface area contributed by atoms with Gasteiger partial charge in [-0.3, -0.25) is 9.20 Å². The lowest BCUT2D eigenvalue weighted by Crippen LogP contribution is -2.40. The van der Waals surface area contributed by atoms with Gasteiger partial charge in [-0.1, -0.05) is 24.8 Å². The maximum absolute atomic E-state index is 11.8. The lowest BCUT2D eigenvalue weighted by Gasteiger charge is -2.15. The first-order valence-electron chi connectivity index (χ1n) is 6.58. The molecule has 0 spiro atoms. The van der Waals surface area contributed by atoms with E-state index in [1.807, 2.05) is 35.7 Å². The number of pyridine rings is 1. The van der Waals surface area contributed by atoms with Gasteiger partial charge in [-0.15, -0.1) is 10.2 Å². The largest absolute Gasteiger partial charge is 0.465 e. The Hall–Kier alpha value is -1.60. The Balaban J connectivity index is 2.03. The van der Waals surface area contributed by atoms with Crippen molar-refractivity contribution in [2.45, 2.75) is 25.0 Å². The van der Waals surface area contributed by atoms with E-state index in [2.05, 4.69) is 15.5 Å². The van der Waals surface area contributed by atoms with Gasteiger partial charge in [-0.25, -0.2) is 0 Å². The first-order valence-corrected chi connectivity index (χ1v) is 7.57. The molecule has 2 rings (SSSR count). The number of nitrogens with one attached hydrogen (secondary N) is 1. The van der Waals surface area contributed by atoms with Crippen LogP contribution in [-0.4, -0.2) is 45.5 Å². The summed E-state index contributed by atoms with van der Waals surface area (Å²) in [4.78, 5) is 11.8. The van der Waals surface area contributed by atoms with Crippen molar-refractivity contribution in [2.75, 3.05) is 18.9 Å². The third-order valence-corrected chi connectivity index (χ3v) is 3.72. The third-order valence-electron chi connectivity index (χ3n) is 2.68. The number of fused-ring (bicyclic) bond motifs is 1. The molecule has 0 bridgehead atoms. The highest BCUT2D eigenvalue weighted by Crippen LogP contribution is 2.17. The molecule has 6 nitrogen and oxygen atoms in total. The lowest BCUT2D eigenvalue weighted by molar-refractivity contribution is -0.144. The van der Waals surface area contributed by atoms with Crippen LogP contribution in [0.5, 0.6) is 0 Å². The van der Waals surface area contributed by atoms with E-state index in [1.165, 1.54) is 11.8 Å². The molecule has 0 aromatic carbocycles. The van der Waals surface area contributed by atoms with E-state index >= 15 is 0 Å². The zero-order valence-corrected chi connectivity index (χ0v) is 12.4. The number of likely N-dealkylation sites (N-methyl/N-ethyl adjacent to an activating group) is 1. The predicted octanol–water partition coefficient (Wildman–Crippen LogP) is 1.36. The van der Waals surface area contributed by atoms with Gasteiger partial charge in [0.25, 0.3) is 0 Å². The molecule has 1 atom stereocenters. The summed E-state index contributed by atoms with van der Waals surface area (Å²) in [6, 6.07) is 5.40. The van der Waals surface area contributed by atoms with Crippen molar-refractivity contribution in [3.63, 3.8) is 0 Å². The topological polar surface area (TPSA) is 68.5 Å². The first-order chi connectivity index (χ1) is 9.76. The maximum atomic E-state index is 11.8. The fraction of sp³-hybridized carbons (Fsp3) is 0.462. The Morgan fingerprint density at radius 1 is 1.45 bits per heavy atom. The van der Waals surface area contributed by atoms with Crippen molar-refractivity contribution in [1.29, 1.82) is 0 Å². The normalized spacial score (nSPS) is 12.5. The summed E-state index contributed by atoms with van der Waals surface area (Å²) in [7, 11) is 0. The molecule has 0 aliphatic heterocycles. The first kappa shape index (κ1) is 14.8. The van der Waals surface area contributed by atoms with E-state index in [0.717, 1.165) is 10.8 Å². The van der Waals surface area contributed by atoms with E-state index in [1.54, 1.807) is 6.92 Å². The smallest absolute Gasteiger partial charge is 0.323 e. The molecule has 0 fully saturated rings. The fourth-order valence-electron chi connectivity index (χ4n) is 1.78. The number of hydrogen-bond donors (Lipinski definition) is 1. The van der Waals surface area contributed by atoms with Crippen molar-refractivity contribution in [1.82, 2.24) is 19.9 Å². The molecule has 0 saturated heterocycles. The van der Waals surface area contributed by atoms with Gasteiger partial charge in [0.05, 0.1) is 6.61 Å². The molecule has 0 saturated carbocycles. The molecule has 0 radical (unpaired) electrons. The van der Waals surface area contributed by atoms with Crippen molar-refractivity contribution in [3.05, 3.63) is 24.4 Å². The number of hydrogen-bond acceptors (Lipinski definition) is 6. The van der Waals surface area contributed by atoms with Gasteiger partial charge >= 0.3 is 5.97 Å². The van der Waals surface area contributed by atoms with E-state index < -0.39 is 0 Å². The minimum absolute atomic E-state index is 0.226. The average molecular weight is 294 g/mol. The van der Waals surface area contributed by atoms with Crippen LogP contribution in [0.25, 0.3) is 5.65 Å². The summed E-state index contributed by atoms with van der Waals surface area (Å²) in [6.45, 7) is 4.87. The van der Waals surface area contributed by atoms with Crippen LogP contribution in [0.15, 0.2) is 29.6 Å².